The van der Waals surface area contributed by atoms with Crippen LogP contribution in [0.4, 0.5) is 5.69 Å². The minimum absolute atomic E-state index is 0. The van der Waals surface area contributed by atoms with Gasteiger partial charge >= 0.3 is 0 Å². The first-order valence-corrected chi connectivity index (χ1v) is 8.88. The molecule has 2 saturated heterocycles. The number of halogens is 1. The summed E-state index contributed by atoms with van der Waals surface area (Å²) < 4.78 is 0. The molecule has 0 aliphatic carbocycles. The number of nitro groups is 1. The number of nitrogens with zero attached hydrogens (tertiary/aromatic N) is 3. The third-order valence-corrected chi connectivity index (χ3v) is 5.12. The Balaban J connectivity index is 0.00000225. The van der Waals surface area contributed by atoms with Crippen LogP contribution in [0, 0.1) is 10.1 Å². The molecule has 2 heterocycles. The van der Waals surface area contributed by atoms with Gasteiger partial charge in [-0.05, 0) is 50.8 Å². The van der Waals surface area contributed by atoms with Crippen LogP contribution in [0.3, 0.4) is 0 Å². The standard InChI is InChI=1S/C18H25N3O3.ClH/c22-18(13-15-6-8-16(9-7-15)21(23)24)20-12-2-1-5-17(20)14-19-10-3-4-11-19;/h6-9,17H,1-5,10-14H2;1H/t17-;/m1./s1. The molecule has 0 spiro atoms. The maximum atomic E-state index is 12.7. The predicted molar refractivity (Wildman–Crippen MR) is 99.1 cm³/mol. The summed E-state index contributed by atoms with van der Waals surface area (Å²) >= 11 is 0. The first-order chi connectivity index (χ1) is 11.6. The van der Waals surface area contributed by atoms with Gasteiger partial charge in [0.15, 0.2) is 0 Å². The molecule has 7 heteroatoms. The maximum absolute atomic E-state index is 12.7. The van der Waals surface area contributed by atoms with Crippen LogP contribution in [0.1, 0.15) is 37.7 Å². The number of benzene rings is 1. The molecule has 1 amide bonds. The number of non-ortho nitro benzene ring substituents is 1. The second kappa shape index (κ2) is 9.15. The van der Waals surface area contributed by atoms with Gasteiger partial charge in [0.25, 0.3) is 5.69 Å². The Labute approximate surface area is 154 Å². The fourth-order valence-electron chi connectivity index (χ4n) is 3.79. The van der Waals surface area contributed by atoms with E-state index in [1.165, 1.54) is 31.4 Å². The molecule has 6 nitrogen and oxygen atoms in total. The lowest BCUT2D eigenvalue weighted by Gasteiger charge is -2.38. The van der Waals surface area contributed by atoms with E-state index >= 15 is 0 Å². The number of carbonyl (C=O) groups excluding carboxylic acids is 1. The van der Waals surface area contributed by atoms with Crippen molar-refractivity contribution in [3.8, 4) is 0 Å². The molecule has 2 fully saturated rings. The summed E-state index contributed by atoms with van der Waals surface area (Å²) in [6.07, 6.45) is 6.21. The summed E-state index contributed by atoms with van der Waals surface area (Å²) in [7, 11) is 0. The van der Waals surface area contributed by atoms with Crippen molar-refractivity contribution in [1.29, 1.82) is 0 Å². The van der Waals surface area contributed by atoms with E-state index in [9.17, 15) is 14.9 Å². The molecule has 0 saturated carbocycles. The molecule has 0 N–H and O–H groups in total. The van der Waals surface area contributed by atoms with E-state index in [4.69, 9.17) is 0 Å². The molecular weight excluding hydrogens is 342 g/mol. The second-order valence-electron chi connectivity index (χ2n) is 6.84. The molecule has 3 rings (SSSR count). The fourth-order valence-corrected chi connectivity index (χ4v) is 3.79. The Morgan fingerprint density at radius 2 is 1.72 bits per heavy atom. The Hall–Kier alpha value is -1.66. The third-order valence-electron chi connectivity index (χ3n) is 5.12. The Kier molecular flexibility index (Phi) is 7.20. The molecular formula is C18H26ClN3O3. The topological polar surface area (TPSA) is 66.7 Å². The zero-order valence-corrected chi connectivity index (χ0v) is 15.2. The molecule has 0 unspecified atom stereocenters. The molecule has 0 bridgehead atoms. The minimum atomic E-state index is -0.414. The summed E-state index contributed by atoms with van der Waals surface area (Å²) in [4.78, 5) is 27.6. The third kappa shape index (κ3) is 5.16. The van der Waals surface area contributed by atoms with E-state index in [1.54, 1.807) is 12.1 Å². The number of hydrogen-bond acceptors (Lipinski definition) is 4. The van der Waals surface area contributed by atoms with Crippen molar-refractivity contribution in [2.24, 2.45) is 0 Å². The van der Waals surface area contributed by atoms with Gasteiger partial charge in [0.1, 0.15) is 0 Å². The Morgan fingerprint density at radius 1 is 1.08 bits per heavy atom. The lowest BCUT2D eigenvalue weighted by Crippen LogP contribution is -2.49. The lowest BCUT2D eigenvalue weighted by atomic mass is 10.00. The highest BCUT2D eigenvalue weighted by Crippen LogP contribution is 2.21. The first kappa shape index (κ1) is 19.7. The van der Waals surface area contributed by atoms with Gasteiger partial charge in [-0.3, -0.25) is 14.9 Å². The van der Waals surface area contributed by atoms with Gasteiger partial charge in [0.05, 0.1) is 11.3 Å². The summed E-state index contributed by atoms with van der Waals surface area (Å²) in [6.45, 7) is 4.14. The first-order valence-electron chi connectivity index (χ1n) is 8.88. The molecule has 1 aromatic carbocycles. The SMILES string of the molecule is Cl.O=C(Cc1ccc([N+](=O)[O-])cc1)N1CCCC[C@@H]1CN1CCCC1. The monoisotopic (exact) mass is 367 g/mol. The van der Waals surface area contributed by atoms with E-state index in [1.807, 2.05) is 4.90 Å². The van der Waals surface area contributed by atoms with Crippen LogP contribution in [0.25, 0.3) is 0 Å². The number of carbonyl (C=O) groups is 1. The number of likely N-dealkylation sites (tertiary alicyclic amines) is 2. The lowest BCUT2D eigenvalue weighted by molar-refractivity contribution is -0.384. The largest absolute Gasteiger partial charge is 0.338 e. The van der Waals surface area contributed by atoms with E-state index in [-0.39, 0.29) is 24.0 Å². The summed E-state index contributed by atoms with van der Waals surface area (Å²) in [5.41, 5.74) is 0.909. The molecule has 1 aromatic rings. The van der Waals surface area contributed by atoms with E-state index in [2.05, 4.69) is 4.90 Å². The quantitative estimate of drug-likeness (QED) is 0.592. The van der Waals surface area contributed by atoms with Crippen molar-refractivity contribution in [2.45, 2.75) is 44.6 Å². The zero-order chi connectivity index (χ0) is 16.9. The van der Waals surface area contributed by atoms with Gasteiger partial charge in [0.2, 0.25) is 5.91 Å². The van der Waals surface area contributed by atoms with Crippen molar-refractivity contribution in [2.75, 3.05) is 26.2 Å². The van der Waals surface area contributed by atoms with Crippen LogP contribution in [0.5, 0.6) is 0 Å². The van der Waals surface area contributed by atoms with Crippen LogP contribution >= 0.6 is 12.4 Å². The molecule has 2 aliphatic rings. The number of rotatable bonds is 5. The summed E-state index contributed by atoms with van der Waals surface area (Å²) in [5.74, 6) is 0.146. The van der Waals surface area contributed by atoms with Crippen LogP contribution in [0.15, 0.2) is 24.3 Å². The number of hydrogen-bond donors (Lipinski definition) is 0. The minimum Gasteiger partial charge on any atom is -0.338 e. The fraction of sp³-hybridized carbons (Fsp3) is 0.611. The number of amides is 1. The molecule has 25 heavy (non-hydrogen) atoms. The van der Waals surface area contributed by atoms with Gasteiger partial charge in [-0.1, -0.05) is 12.1 Å². The highest BCUT2D eigenvalue weighted by atomic mass is 35.5. The second-order valence-corrected chi connectivity index (χ2v) is 6.84. The Bertz CT molecular complexity index is 588. The van der Waals surface area contributed by atoms with Gasteiger partial charge in [-0.15, -0.1) is 12.4 Å². The molecule has 138 valence electrons. The van der Waals surface area contributed by atoms with Crippen LogP contribution in [-0.4, -0.2) is 52.9 Å². The van der Waals surface area contributed by atoms with Gasteiger partial charge in [-0.25, -0.2) is 0 Å². The predicted octanol–water partition coefficient (Wildman–Crippen LogP) is 3.04. The molecule has 2 aliphatic heterocycles. The van der Waals surface area contributed by atoms with Crippen LogP contribution in [0.2, 0.25) is 0 Å². The summed E-state index contributed by atoms with van der Waals surface area (Å²) in [5, 5.41) is 10.7. The summed E-state index contributed by atoms with van der Waals surface area (Å²) in [6, 6.07) is 6.65. The highest BCUT2D eigenvalue weighted by Gasteiger charge is 2.29. The van der Waals surface area contributed by atoms with E-state index in [0.717, 1.165) is 44.6 Å². The van der Waals surface area contributed by atoms with Crippen molar-refractivity contribution in [3.63, 3.8) is 0 Å². The van der Waals surface area contributed by atoms with E-state index < -0.39 is 4.92 Å². The number of nitro benzene ring substituents is 1. The van der Waals surface area contributed by atoms with Crippen molar-refractivity contribution in [3.05, 3.63) is 39.9 Å². The van der Waals surface area contributed by atoms with Gasteiger partial charge < -0.3 is 9.80 Å². The zero-order valence-electron chi connectivity index (χ0n) is 14.4. The van der Waals surface area contributed by atoms with Gasteiger partial charge in [-0.2, -0.15) is 0 Å². The smallest absolute Gasteiger partial charge is 0.269 e. The van der Waals surface area contributed by atoms with Crippen molar-refractivity contribution in [1.82, 2.24) is 9.80 Å². The van der Waals surface area contributed by atoms with E-state index in [0.29, 0.717) is 12.5 Å². The number of piperidine rings is 1. The van der Waals surface area contributed by atoms with Crippen molar-refractivity contribution >= 4 is 24.0 Å². The maximum Gasteiger partial charge on any atom is 0.269 e. The molecule has 0 aromatic heterocycles. The van der Waals surface area contributed by atoms with Crippen LogP contribution < -0.4 is 0 Å². The Morgan fingerprint density at radius 3 is 2.36 bits per heavy atom. The molecule has 0 radical (unpaired) electrons. The molecule has 1 atom stereocenters. The normalized spacial score (nSPS) is 21.0. The van der Waals surface area contributed by atoms with Crippen molar-refractivity contribution < 1.29 is 9.72 Å². The average molecular weight is 368 g/mol. The van der Waals surface area contributed by atoms with Crippen LogP contribution in [-0.2, 0) is 11.2 Å². The van der Waals surface area contributed by atoms with Gasteiger partial charge in [0, 0.05) is 31.3 Å². The average Bonchev–Trinajstić information content (AvgIpc) is 3.09. The highest BCUT2D eigenvalue weighted by molar-refractivity contribution is 5.85.